The van der Waals surface area contributed by atoms with Gasteiger partial charge in [0, 0.05) is 5.41 Å². The molecule has 0 saturated heterocycles. The Kier molecular flexibility index (Phi) is 7.19. The van der Waals surface area contributed by atoms with Gasteiger partial charge in [-0.05, 0) is 91.3 Å². The van der Waals surface area contributed by atoms with E-state index in [9.17, 15) is 10.3 Å². The van der Waals surface area contributed by atoms with Crippen molar-refractivity contribution in [2.45, 2.75) is 125 Å². The standard InChI is InChI=1S/C32H53NO2/c1-9-17-32-24-13-14-26-29(5,6)28(34)16-18-30(26,7)23(24)15-19-31(32,8)25(20-27(32)33-35)22(4)12-10-11-21(2)3/h9,21-22,25-26,28,34-35H,1,10-20H2,2-8H3/t22-,25-,26+,28+,30-,31-,32-/m1/s1. The Morgan fingerprint density at radius 1 is 1.03 bits per heavy atom. The lowest BCUT2D eigenvalue weighted by Gasteiger charge is -2.62. The molecule has 0 radical (unpaired) electrons. The van der Waals surface area contributed by atoms with E-state index in [4.69, 9.17) is 0 Å². The van der Waals surface area contributed by atoms with Crippen LogP contribution >= 0.6 is 0 Å². The summed E-state index contributed by atoms with van der Waals surface area (Å²) in [7, 11) is 0. The van der Waals surface area contributed by atoms with Crippen LogP contribution in [0.4, 0.5) is 0 Å². The molecule has 0 amide bonds. The van der Waals surface area contributed by atoms with Gasteiger partial charge in [0.15, 0.2) is 0 Å². The Morgan fingerprint density at radius 3 is 2.37 bits per heavy atom. The fourth-order valence-corrected chi connectivity index (χ4v) is 10.0. The molecule has 0 spiro atoms. The molecule has 0 unspecified atom stereocenters. The van der Waals surface area contributed by atoms with Gasteiger partial charge in [0.2, 0.25) is 0 Å². The van der Waals surface area contributed by atoms with E-state index in [-0.39, 0.29) is 27.8 Å². The van der Waals surface area contributed by atoms with Crippen molar-refractivity contribution in [2.24, 2.45) is 50.5 Å². The summed E-state index contributed by atoms with van der Waals surface area (Å²) < 4.78 is 0. The summed E-state index contributed by atoms with van der Waals surface area (Å²) in [4.78, 5) is 0. The fraction of sp³-hybridized carbons (Fsp3) is 0.844. The van der Waals surface area contributed by atoms with E-state index in [1.165, 1.54) is 25.7 Å². The lowest BCUT2D eigenvalue weighted by atomic mass is 9.42. The molecule has 7 atom stereocenters. The van der Waals surface area contributed by atoms with Gasteiger partial charge in [-0.2, -0.15) is 0 Å². The van der Waals surface area contributed by atoms with Gasteiger partial charge in [0.05, 0.1) is 11.8 Å². The highest BCUT2D eigenvalue weighted by molar-refractivity contribution is 5.97. The van der Waals surface area contributed by atoms with E-state index in [0.717, 1.165) is 56.6 Å². The minimum Gasteiger partial charge on any atom is -0.411 e. The molecule has 35 heavy (non-hydrogen) atoms. The smallest absolute Gasteiger partial charge is 0.0684 e. The Hall–Kier alpha value is -1.09. The van der Waals surface area contributed by atoms with Crippen molar-refractivity contribution in [2.75, 3.05) is 0 Å². The molecule has 2 fully saturated rings. The first-order valence-corrected chi connectivity index (χ1v) is 14.6. The summed E-state index contributed by atoms with van der Waals surface area (Å²) in [5.74, 6) is 2.43. The van der Waals surface area contributed by atoms with Crippen LogP contribution in [-0.4, -0.2) is 22.1 Å². The van der Waals surface area contributed by atoms with Crippen molar-refractivity contribution in [3.63, 3.8) is 0 Å². The number of aliphatic hydroxyl groups excluding tert-OH is 1. The maximum Gasteiger partial charge on any atom is 0.0684 e. The van der Waals surface area contributed by atoms with E-state index < -0.39 is 0 Å². The van der Waals surface area contributed by atoms with Crippen LogP contribution < -0.4 is 0 Å². The van der Waals surface area contributed by atoms with Crippen LogP contribution in [0.25, 0.3) is 0 Å². The molecule has 0 bridgehead atoms. The third kappa shape index (κ3) is 3.80. The van der Waals surface area contributed by atoms with E-state index >= 15 is 0 Å². The number of hydrogen-bond donors (Lipinski definition) is 2. The van der Waals surface area contributed by atoms with Crippen LogP contribution in [0.1, 0.15) is 119 Å². The Morgan fingerprint density at radius 2 is 1.74 bits per heavy atom. The second-order valence-corrected chi connectivity index (χ2v) is 14.3. The molecule has 2 N–H and O–H groups in total. The highest BCUT2D eigenvalue weighted by atomic mass is 16.4. The zero-order chi connectivity index (χ0) is 25.8. The summed E-state index contributed by atoms with van der Waals surface area (Å²) in [6, 6.07) is 0. The maximum atomic E-state index is 10.9. The van der Waals surface area contributed by atoms with E-state index in [1.54, 1.807) is 11.1 Å². The number of oxime groups is 1. The Labute approximate surface area is 215 Å². The van der Waals surface area contributed by atoms with Crippen molar-refractivity contribution >= 4 is 5.71 Å². The molecule has 0 aromatic carbocycles. The Bertz CT molecular complexity index is 884. The molecule has 4 aliphatic rings. The molecule has 0 aromatic heterocycles. The fourth-order valence-electron chi connectivity index (χ4n) is 10.0. The number of nitrogens with zero attached hydrogens (tertiary/aromatic N) is 1. The molecule has 3 heteroatoms. The van der Waals surface area contributed by atoms with Crippen LogP contribution in [0.15, 0.2) is 29.0 Å². The van der Waals surface area contributed by atoms with Crippen LogP contribution in [-0.2, 0) is 0 Å². The molecule has 3 nitrogen and oxygen atoms in total. The highest BCUT2D eigenvalue weighted by Gasteiger charge is 2.67. The largest absolute Gasteiger partial charge is 0.411 e. The second kappa shape index (κ2) is 9.34. The molecule has 0 aromatic rings. The average molecular weight is 484 g/mol. The first-order chi connectivity index (χ1) is 16.4. The molecular formula is C32H53NO2. The van der Waals surface area contributed by atoms with Crippen LogP contribution in [0.5, 0.6) is 0 Å². The van der Waals surface area contributed by atoms with Crippen molar-refractivity contribution in [1.29, 1.82) is 0 Å². The van der Waals surface area contributed by atoms with E-state index in [1.807, 2.05) is 0 Å². The second-order valence-electron chi connectivity index (χ2n) is 14.3. The van der Waals surface area contributed by atoms with E-state index in [2.05, 4.69) is 66.3 Å². The molecule has 0 heterocycles. The highest BCUT2D eigenvalue weighted by Crippen LogP contribution is 2.72. The molecule has 2 saturated carbocycles. The van der Waals surface area contributed by atoms with Crippen LogP contribution in [0, 0.1) is 45.3 Å². The quantitative estimate of drug-likeness (QED) is 0.216. The van der Waals surface area contributed by atoms with E-state index in [0.29, 0.717) is 17.8 Å². The molecule has 0 aliphatic heterocycles. The van der Waals surface area contributed by atoms with Gasteiger partial charge < -0.3 is 10.3 Å². The number of rotatable bonds is 7. The van der Waals surface area contributed by atoms with Gasteiger partial charge in [-0.15, -0.1) is 6.58 Å². The van der Waals surface area contributed by atoms with Crippen LogP contribution in [0.2, 0.25) is 0 Å². The lowest BCUT2D eigenvalue weighted by Crippen LogP contribution is -2.56. The summed E-state index contributed by atoms with van der Waals surface area (Å²) in [6.07, 6.45) is 14.0. The molecule has 198 valence electrons. The molecular weight excluding hydrogens is 430 g/mol. The normalized spacial score (nSPS) is 42.5. The number of aliphatic hydroxyl groups is 1. The van der Waals surface area contributed by atoms with Gasteiger partial charge in [-0.3, -0.25) is 0 Å². The van der Waals surface area contributed by atoms with Crippen molar-refractivity contribution < 1.29 is 10.3 Å². The third-order valence-corrected chi connectivity index (χ3v) is 12.0. The topological polar surface area (TPSA) is 52.8 Å². The minimum atomic E-state index is -0.212. The zero-order valence-electron chi connectivity index (χ0n) is 23.8. The van der Waals surface area contributed by atoms with Gasteiger partial charge in [-0.1, -0.05) is 90.1 Å². The first kappa shape index (κ1) is 27.0. The molecule has 4 rings (SSSR count). The lowest BCUT2D eigenvalue weighted by molar-refractivity contribution is -0.0953. The van der Waals surface area contributed by atoms with Crippen molar-refractivity contribution in [3.8, 4) is 0 Å². The first-order valence-electron chi connectivity index (χ1n) is 14.6. The predicted octanol–water partition coefficient (Wildman–Crippen LogP) is 8.56. The van der Waals surface area contributed by atoms with Gasteiger partial charge in [0.25, 0.3) is 0 Å². The summed E-state index contributed by atoms with van der Waals surface area (Å²) >= 11 is 0. The predicted molar refractivity (Wildman–Crippen MR) is 147 cm³/mol. The van der Waals surface area contributed by atoms with Crippen LogP contribution in [0.3, 0.4) is 0 Å². The number of hydrogen-bond acceptors (Lipinski definition) is 3. The third-order valence-electron chi connectivity index (χ3n) is 12.0. The Balaban J connectivity index is 1.79. The SMILES string of the molecule is C=CC[C@@]12C(=NO)C[C@H]([C@H](C)CCCC(C)C)[C@@]1(C)CCC1=C2CC[C@H]2C(C)(C)[C@@H](O)CC[C@]12C. The van der Waals surface area contributed by atoms with Crippen molar-refractivity contribution in [1.82, 2.24) is 0 Å². The maximum absolute atomic E-state index is 10.9. The number of fused-ring (bicyclic) bond motifs is 4. The zero-order valence-corrected chi connectivity index (χ0v) is 23.8. The summed E-state index contributed by atoms with van der Waals surface area (Å²) in [5.41, 5.74) is 4.27. The van der Waals surface area contributed by atoms with Gasteiger partial charge in [0.1, 0.15) is 0 Å². The average Bonchev–Trinajstić information content (AvgIpc) is 3.05. The summed E-state index contributed by atoms with van der Waals surface area (Å²) in [5, 5.41) is 25.5. The van der Waals surface area contributed by atoms with Crippen molar-refractivity contribution in [3.05, 3.63) is 23.8 Å². The molecule has 4 aliphatic carbocycles. The van der Waals surface area contributed by atoms with Gasteiger partial charge >= 0.3 is 0 Å². The minimum absolute atomic E-state index is 0.0606. The summed E-state index contributed by atoms with van der Waals surface area (Å²) in [6.45, 7) is 21.0. The number of allylic oxidation sites excluding steroid dienone is 3. The van der Waals surface area contributed by atoms with Gasteiger partial charge in [-0.25, -0.2) is 0 Å². The monoisotopic (exact) mass is 483 g/mol.